The standard InChI is InChI=1S/C15H15F3N4O2/c16-15(17,18)10-6-2-1-4-8(10)9-5-3-7-11(9)19-13(23)12-20-14(24)22-21-12/h1-2,4,6,9,11H,3,5,7H2,(H,19,23)(H2,20,21,22,24)/t9-,11-/m1/s1. The molecule has 1 aromatic carbocycles. The predicted molar refractivity (Wildman–Crippen MR) is 78.5 cm³/mol. The lowest BCUT2D eigenvalue weighted by atomic mass is 9.89. The van der Waals surface area contributed by atoms with Gasteiger partial charge in [0.05, 0.1) is 5.56 Å². The molecule has 9 heteroatoms. The Morgan fingerprint density at radius 3 is 2.67 bits per heavy atom. The third kappa shape index (κ3) is 3.19. The first-order valence-electron chi connectivity index (χ1n) is 7.48. The van der Waals surface area contributed by atoms with E-state index in [2.05, 4.69) is 20.5 Å². The van der Waals surface area contributed by atoms with Gasteiger partial charge in [-0.25, -0.2) is 9.89 Å². The first-order valence-corrected chi connectivity index (χ1v) is 7.48. The van der Waals surface area contributed by atoms with E-state index < -0.39 is 35.3 Å². The third-order valence-electron chi connectivity index (χ3n) is 4.21. The van der Waals surface area contributed by atoms with Gasteiger partial charge in [-0.2, -0.15) is 13.2 Å². The number of carbonyl (C=O) groups excluding carboxylic acids is 1. The zero-order chi connectivity index (χ0) is 17.3. The van der Waals surface area contributed by atoms with Crippen molar-refractivity contribution >= 4 is 5.91 Å². The van der Waals surface area contributed by atoms with Gasteiger partial charge >= 0.3 is 11.9 Å². The second-order valence-corrected chi connectivity index (χ2v) is 5.73. The molecule has 128 valence electrons. The number of amides is 1. The van der Waals surface area contributed by atoms with Crippen LogP contribution in [0.1, 0.15) is 46.9 Å². The van der Waals surface area contributed by atoms with E-state index in [9.17, 15) is 22.8 Å². The first-order chi connectivity index (χ1) is 11.4. The van der Waals surface area contributed by atoms with Crippen LogP contribution in [0.3, 0.4) is 0 Å². The number of rotatable bonds is 3. The number of aromatic amines is 2. The summed E-state index contributed by atoms with van der Waals surface area (Å²) in [6.45, 7) is 0. The van der Waals surface area contributed by atoms with Crippen molar-refractivity contribution in [2.24, 2.45) is 0 Å². The summed E-state index contributed by atoms with van der Waals surface area (Å²) in [4.78, 5) is 25.3. The van der Waals surface area contributed by atoms with Crippen molar-refractivity contribution in [3.8, 4) is 0 Å². The summed E-state index contributed by atoms with van der Waals surface area (Å²) in [6.07, 6.45) is -2.62. The number of nitrogens with one attached hydrogen (secondary N) is 3. The number of alkyl halides is 3. The second-order valence-electron chi connectivity index (χ2n) is 5.73. The maximum atomic E-state index is 13.2. The Labute approximate surface area is 134 Å². The molecule has 1 fully saturated rings. The monoisotopic (exact) mass is 340 g/mol. The first kappa shape index (κ1) is 16.3. The molecule has 2 atom stereocenters. The molecule has 1 amide bonds. The van der Waals surface area contributed by atoms with Gasteiger partial charge in [0.25, 0.3) is 5.91 Å². The lowest BCUT2D eigenvalue weighted by Gasteiger charge is -2.24. The molecule has 1 saturated carbocycles. The fourth-order valence-corrected chi connectivity index (χ4v) is 3.20. The van der Waals surface area contributed by atoms with Crippen LogP contribution in [0.2, 0.25) is 0 Å². The summed E-state index contributed by atoms with van der Waals surface area (Å²) >= 11 is 0. The second kappa shape index (κ2) is 6.14. The zero-order valence-electron chi connectivity index (χ0n) is 12.5. The molecule has 24 heavy (non-hydrogen) atoms. The van der Waals surface area contributed by atoms with E-state index in [-0.39, 0.29) is 11.4 Å². The van der Waals surface area contributed by atoms with Gasteiger partial charge < -0.3 is 5.32 Å². The Morgan fingerprint density at radius 2 is 2.00 bits per heavy atom. The van der Waals surface area contributed by atoms with E-state index in [1.165, 1.54) is 12.1 Å². The van der Waals surface area contributed by atoms with Gasteiger partial charge in [0.2, 0.25) is 5.82 Å². The van der Waals surface area contributed by atoms with Crippen LogP contribution in [0.5, 0.6) is 0 Å². The zero-order valence-corrected chi connectivity index (χ0v) is 12.5. The Morgan fingerprint density at radius 1 is 1.25 bits per heavy atom. The molecule has 0 bridgehead atoms. The lowest BCUT2D eigenvalue weighted by Crippen LogP contribution is -2.37. The number of hydrogen-bond acceptors (Lipinski definition) is 3. The SMILES string of the molecule is O=C(N[C@@H]1CCC[C@@H]1c1ccccc1C(F)(F)F)c1n[nH]c(=O)[nH]1. The van der Waals surface area contributed by atoms with Crippen molar-refractivity contribution < 1.29 is 18.0 Å². The summed E-state index contributed by atoms with van der Waals surface area (Å²) < 4.78 is 39.7. The van der Waals surface area contributed by atoms with Gasteiger partial charge in [-0.1, -0.05) is 24.6 Å². The molecule has 1 aromatic heterocycles. The topological polar surface area (TPSA) is 90.6 Å². The fraction of sp³-hybridized carbons (Fsp3) is 0.400. The van der Waals surface area contributed by atoms with Gasteiger partial charge in [-0.3, -0.25) is 9.78 Å². The highest BCUT2D eigenvalue weighted by Gasteiger charge is 2.39. The Kier molecular flexibility index (Phi) is 4.16. The van der Waals surface area contributed by atoms with Crippen LogP contribution in [-0.4, -0.2) is 27.1 Å². The molecule has 1 aliphatic rings. The molecule has 1 aliphatic carbocycles. The van der Waals surface area contributed by atoms with Crippen LogP contribution in [0.25, 0.3) is 0 Å². The fourth-order valence-electron chi connectivity index (χ4n) is 3.20. The summed E-state index contributed by atoms with van der Waals surface area (Å²) in [5.41, 5.74) is -1.11. The summed E-state index contributed by atoms with van der Waals surface area (Å²) in [6, 6.07) is 4.98. The van der Waals surface area contributed by atoms with Crippen LogP contribution < -0.4 is 11.0 Å². The van der Waals surface area contributed by atoms with Crippen LogP contribution in [-0.2, 0) is 6.18 Å². The Bertz CT molecular complexity index is 796. The maximum Gasteiger partial charge on any atom is 0.416 e. The van der Waals surface area contributed by atoms with Crippen molar-refractivity contribution in [2.75, 3.05) is 0 Å². The average Bonchev–Trinajstić information content (AvgIpc) is 3.15. The molecule has 6 nitrogen and oxygen atoms in total. The van der Waals surface area contributed by atoms with E-state index >= 15 is 0 Å². The van der Waals surface area contributed by atoms with Gasteiger partial charge in [0, 0.05) is 12.0 Å². The Balaban J connectivity index is 1.84. The highest BCUT2D eigenvalue weighted by Crippen LogP contribution is 2.41. The normalized spacial score (nSPS) is 21.0. The molecule has 0 radical (unpaired) electrons. The number of benzene rings is 1. The van der Waals surface area contributed by atoms with Gasteiger partial charge in [-0.15, -0.1) is 5.10 Å². The quantitative estimate of drug-likeness (QED) is 0.800. The van der Waals surface area contributed by atoms with E-state index in [1.807, 2.05) is 0 Å². The van der Waals surface area contributed by atoms with E-state index in [1.54, 1.807) is 6.07 Å². The number of H-pyrrole nitrogens is 2. The molecule has 0 spiro atoms. The van der Waals surface area contributed by atoms with Crippen LogP contribution in [0, 0.1) is 0 Å². The van der Waals surface area contributed by atoms with Gasteiger partial charge in [0.1, 0.15) is 0 Å². The molecule has 0 aliphatic heterocycles. The van der Waals surface area contributed by atoms with Crippen molar-refractivity contribution in [3.05, 3.63) is 51.7 Å². The minimum atomic E-state index is -4.44. The van der Waals surface area contributed by atoms with Crippen LogP contribution >= 0.6 is 0 Å². The number of aromatic nitrogens is 3. The van der Waals surface area contributed by atoms with Crippen molar-refractivity contribution in [3.63, 3.8) is 0 Å². The smallest absolute Gasteiger partial charge is 0.346 e. The average molecular weight is 340 g/mol. The highest BCUT2D eigenvalue weighted by molar-refractivity contribution is 5.90. The number of halogens is 3. The largest absolute Gasteiger partial charge is 0.416 e. The molecule has 2 aromatic rings. The molecule has 0 saturated heterocycles. The molecular formula is C15H15F3N4O2. The molecule has 3 rings (SSSR count). The van der Waals surface area contributed by atoms with Crippen LogP contribution in [0.15, 0.2) is 29.1 Å². The van der Waals surface area contributed by atoms with Crippen molar-refractivity contribution in [1.29, 1.82) is 0 Å². The van der Waals surface area contributed by atoms with Crippen molar-refractivity contribution in [2.45, 2.75) is 37.4 Å². The summed E-state index contributed by atoms with van der Waals surface area (Å²) in [5.74, 6) is -1.23. The molecule has 1 heterocycles. The van der Waals surface area contributed by atoms with E-state index in [0.29, 0.717) is 19.3 Å². The maximum absolute atomic E-state index is 13.2. The predicted octanol–water partition coefficient (Wildman–Crippen LogP) is 2.18. The summed E-state index contributed by atoms with van der Waals surface area (Å²) in [5, 5.41) is 8.28. The minimum absolute atomic E-state index is 0.184. The van der Waals surface area contributed by atoms with Crippen LogP contribution in [0.4, 0.5) is 13.2 Å². The third-order valence-corrected chi connectivity index (χ3v) is 4.21. The molecule has 0 unspecified atom stereocenters. The van der Waals surface area contributed by atoms with Crippen molar-refractivity contribution in [1.82, 2.24) is 20.5 Å². The van der Waals surface area contributed by atoms with E-state index in [0.717, 1.165) is 6.07 Å². The Hall–Kier alpha value is -2.58. The van der Waals surface area contributed by atoms with Gasteiger partial charge in [-0.05, 0) is 24.5 Å². The number of carbonyl (C=O) groups is 1. The number of hydrogen-bond donors (Lipinski definition) is 3. The highest BCUT2D eigenvalue weighted by atomic mass is 19.4. The summed E-state index contributed by atoms with van der Waals surface area (Å²) in [7, 11) is 0. The van der Waals surface area contributed by atoms with Gasteiger partial charge in [0.15, 0.2) is 0 Å². The number of nitrogens with zero attached hydrogens (tertiary/aromatic N) is 1. The minimum Gasteiger partial charge on any atom is -0.346 e. The van der Waals surface area contributed by atoms with E-state index in [4.69, 9.17) is 0 Å². The molecule has 3 N–H and O–H groups in total. The lowest BCUT2D eigenvalue weighted by molar-refractivity contribution is -0.138. The molecular weight excluding hydrogens is 325 g/mol.